The zero-order valence-corrected chi connectivity index (χ0v) is 14.6. The molecule has 4 N–H and O–H groups in total. The number of carbonyl (C=O) groups is 2. The summed E-state index contributed by atoms with van der Waals surface area (Å²) in [5, 5.41) is 11.6. The number of nitrogens with one attached hydrogen (secondary N) is 4. The Bertz CT molecular complexity index is 658. The topological polar surface area (TPSA) is 82.3 Å². The van der Waals surface area contributed by atoms with Crippen molar-refractivity contribution in [2.24, 2.45) is 0 Å². The molecular formula is C20H24N4O2. The van der Waals surface area contributed by atoms with Gasteiger partial charge in [0.15, 0.2) is 0 Å². The van der Waals surface area contributed by atoms with Gasteiger partial charge in [-0.25, -0.2) is 9.59 Å². The summed E-state index contributed by atoms with van der Waals surface area (Å²) in [6.07, 6.45) is 3.76. The quantitative estimate of drug-likeness (QED) is 0.672. The van der Waals surface area contributed by atoms with Crippen molar-refractivity contribution in [3.8, 4) is 0 Å². The number of amides is 4. The number of anilines is 2. The van der Waals surface area contributed by atoms with Gasteiger partial charge in [-0.3, -0.25) is 0 Å². The number of carbonyl (C=O) groups excluding carboxylic acids is 2. The molecule has 1 fully saturated rings. The zero-order valence-electron chi connectivity index (χ0n) is 14.6. The molecule has 0 bridgehead atoms. The summed E-state index contributed by atoms with van der Waals surface area (Å²) in [5.74, 6) is 0. The smallest absolute Gasteiger partial charge is 0.319 e. The number of rotatable bonds is 4. The predicted octanol–water partition coefficient (Wildman–Crippen LogP) is 3.94. The Morgan fingerprint density at radius 3 is 1.42 bits per heavy atom. The van der Waals surface area contributed by atoms with E-state index in [1.807, 2.05) is 60.7 Å². The predicted molar refractivity (Wildman–Crippen MR) is 103 cm³/mol. The standard InChI is InChI=1S/C20H24N4O2/c25-19(21-15-9-3-1-4-10-15)23-17-13-7-8-14-18(17)24-20(26)22-16-11-5-2-6-12-16/h1-6,9-12,17-18H,7-8,13-14H2,(H2,21,23,25)(H2,22,24,26)/t17-,18+. The van der Waals surface area contributed by atoms with Crippen LogP contribution in [0.2, 0.25) is 0 Å². The number of para-hydroxylation sites is 2. The summed E-state index contributed by atoms with van der Waals surface area (Å²) >= 11 is 0. The third-order valence-corrected chi connectivity index (χ3v) is 4.46. The van der Waals surface area contributed by atoms with Crippen LogP contribution in [0.5, 0.6) is 0 Å². The Morgan fingerprint density at radius 2 is 1.04 bits per heavy atom. The maximum absolute atomic E-state index is 12.3. The highest BCUT2D eigenvalue weighted by molar-refractivity contribution is 5.90. The molecule has 6 nitrogen and oxygen atoms in total. The van der Waals surface area contributed by atoms with Gasteiger partial charge in [0, 0.05) is 11.4 Å². The van der Waals surface area contributed by atoms with Crippen LogP contribution < -0.4 is 21.3 Å². The minimum absolute atomic E-state index is 0.0889. The zero-order chi connectivity index (χ0) is 18.2. The van der Waals surface area contributed by atoms with Crippen LogP contribution in [0.3, 0.4) is 0 Å². The van der Waals surface area contributed by atoms with Crippen LogP contribution in [0.25, 0.3) is 0 Å². The fourth-order valence-corrected chi connectivity index (χ4v) is 3.19. The first-order chi connectivity index (χ1) is 12.7. The molecule has 0 radical (unpaired) electrons. The molecule has 0 saturated heterocycles. The lowest BCUT2D eigenvalue weighted by Crippen LogP contribution is -2.54. The van der Waals surface area contributed by atoms with Gasteiger partial charge in [-0.05, 0) is 37.1 Å². The molecule has 1 saturated carbocycles. The molecule has 1 aliphatic carbocycles. The third-order valence-electron chi connectivity index (χ3n) is 4.46. The maximum atomic E-state index is 12.3. The van der Waals surface area contributed by atoms with E-state index in [9.17, 15) is 9.59 Å². The molecule has 0 unspecified atom stereocenters. The van der Waals surface area contributed by atoms with Crippen molar-refractivity contribution in [1.29, 1.82) is 0 Å². The van der Waals surface area contributed by atoms with Crippen LogP contribution in [-0.4, -0.2) is 24.1 Å². The van der Waals surface area contributed by atoms with Crippen molar-refractivity contribution < 1.29 is 9.59 Å². The monoisotopic (exact) mass is 352 g/mol. The minimum atomic E-state index is -0.252. The van der Waals surface area contributed by atoms with Gasteiger partial charge in [-0.1, -0.05) is 49.2 Å². The second-order valence-corrected chi connectivity index (χ2v) is 6.43. The molecule has 0 aliphatic heterocycles. The Kier molecular flexibility index (Phi) is 6.09. The molecule has 26 heavy (non-hydrogen) atoms. The lowest BCUT2D eigenvalue weighted by molar-refractivity contribution is 0.225. The van der Waals surface area contributed by atoms with E-state index in [2.05, 4.69) is 21.3 Å². The van der Waals surface area contributed by atoms with Crippen molar-refractivity contribution in [2.75, 3.05) is 10.6 Å². The van der Waals surface area contributed by atoms with E-state index >= 15 is 0 Å². The van der Waals surface area contributed by atoms with E-state index < -0.39 is 0 Å². The highest BCUT2D eigenvalue weighted by atomic mass is 16.2. The lowest BCUT2D eigenvalue weighted by Gasteiger charge is -2.32. The highest BCUT2D eigenvalue weighted by Crippen LogP contribution is 2.19. The molecular weight excluding hydrogens is 328 g/mol. The molecule has 136 valence electrons. The lowest BCUT2D eigenvalue weighted by atomic mass is 9.90. The normalized spacial score (nSPS) is 19.2. The number of benzene rings is 2. The van der Waals surface area contributed by atoms with E-state index in [0.717, 1.165) is 37.1 Å². The van der Waals surface area contributed by atoms with Gasteiger partial charge in [0.05, 0.1) is 12.1 Å². The molecule has 0 spiro atoms. The molecule has 3 rings (SSSR count). The Morgan fingerprint density at radius 1 is 0.654 bits per heavy atom. The SMILES string of the molecule is O=C(Nc1ccccc1)N[C@H]1CCCC[C@H]1NC(=O)Nc1ccccc1. The first-order valence-electron chi connectivity index (χ1n) is 8.96. The minimum Gasteiger partial charge on any atom is -0.333 e. The third kappa shape index (κ3) is 5.24. The fraction of sp³-hybridized carbons (Fsp3) is 0.300. The van der Waals surface area contributed by atoms with Gasteiger partial charge < -0.3 is 21.3 Å². The molecule has 1 aliphatic rings. The highest BCUT2D eigenvalue weighted by Gasteiger charge is 2.27. The molecule has 2 atom stereocenters. The average Bonchev–Trinajstić information content (AvgIpc) is 2.65. The van der Waals surface area contributed by atoms with Gasteiger partial charge in [-0.2, -0.15) is 0 Å². The molecule has 2 aromatic rings. The molecule has 6 heteroatoms. The average molecular weight is 352 g/mol. The van der Waals surface area contributed by atoms with Crippen molar-refractivity contribution in [3.63, 3.8) is 0 Å². The van der Waals surface area contributed by atoms with E-state index in [0.29, 0.717) is 0 Å². The van der Waals surface area contributed by atoms with Crippen molar-refractivity contribution >= 4 is 23.4 Å². The van der Waals surface area contributed by atoms with Crippen LogP contribution in [-0.2, 0) is 0 Å². The fourth-order valence-electron chi connectivity index (χ4n) is 3.19. The van der Waals surface area contributed by atoms with Crippen molar-refractivity contribution in [1.82, 2.24) is 10.6 Å². The summed E-state index contributed by atoms with van der Waals surface area (Å²) in [5.41, 5.74) is 1.49. The first-order valence-corrected chi connectivity index (χ1v) is 8.96. The van der Waals surface area contributed by atoms with Crippen LogP contribution in [0.1, 0.15) is 25.7 Å². The van der Waals surface area contributed by atoms with E-state index in [4.69, 9.17) is 0 Å². The van der Waals surface area contributed by atoms with Gasteiger partial charge in [0.25, 0.3) is 0 Å². The maximum Gasteiger partial charge on any atom is 0.319 e. The second-order valence-electron chi connectivity index (χ2n) is 6.43. The number of urea groups is 2. The van der Waals surface area contributed by atoms with Crippen LogP contribution in [0, 0.1) is 0 Å². The summed E-state index contributed by atoms with van der Waals surface area (Å²) in [6, 6.07) is 17.9. The summed E-state index contributed by atoms with van der Waals surface area (Å²) in [4.78, 5) is 24.5. The van der Waals surface area contributed by atoms with Crippen LogP contribution in [0.4, 0.5) is 21.0 Å². The van der Waals surface area contributed by atoms with Gasteiger partial charge >= 0.3 is 12.1 Å². The van der Waals surface area contributed by atoms with Crippen molar-refractivity contribution in [2.45, 2.75) is 37.8 Å². The number of hydrogen-bond acceptors (Lipinski definition) is 2. The number of hydrogen-bond donors (Lipinski definition) is 4. The van der Waals surface area contributed by atoms with Gasteiger partial charge in [0.2, 0.25) is 0 Å². The van der Waals surface area contributed by atoms with Crippen LogP contribution >= 0.6 is 0 Å². The van der Waals surface area contributed by atoms with Crippen LogP contribution in [0.15, 0.2) is 60.7 Å². The molecule has 0 aromatic heterocycles. The first kappa shape index (κ1) is 17.8. The summed E-state index contributed by atoms with van der Waals surface area (Å²) in [6.45, 7) is 0. The van der Waals surface area contributed by atoms with Gasteiger partial charge in [-0.15, -0.1) is 0 Å². The summed E-state index contributed by atoms with van der Waals surface area (Å²) < 4.78 is 0. The Hall–Kier alpha value is -3.02. The van der Waals surface area contributed by atoms with Gasteiger partial charge in [0.1, 0.15) is 0 Å². The van der Waals surface area contributed by atoms with E-state index in [1.54, 1.807) is 0 Å². The van der Waals surface area contributed by atoms with E-state index in [1.165, 1.54) is 0 Å². The summed E-state index contributed by atoms with van der Waals surface area (Å²) in [7, 11) is 0. The van der Waals surface area contributed by atoms with Crippen molar-refractivity contribution in [3.05, 3.63) is 60.7 Å². The molecule has 2 aromatic carbocycles. The largest absolute Gasteiger partial charge is 0.333 e. The van der Waals surface area contributed by atoms with E-state index in [-0.39, 0.29) is 24.1 Å². The molecule has 0 heterocycles. The Labute approximate surface area is 153 Å². The Balaban J connectivity index is 1.53. The molecule has 4 amide bonds. The second kappa shape index (κ2) is 8.89.